The van der Waals surface area contributed by atoms with E-state index in [0.717, 1.165) is 6.07 Å². The van der Waals surface area contributed by atoms with Gasteiger partial charge in [-0.15, -0.1) is 0 Å². The van der Waals surface area contributed by atoms with Gasteiger partial charge in [0.2, 0.25) is 11.7 Å². The smallest absolute Gasteiger partial charge is 0.220 e. The Balaban J connectivity index is 2.36. The Morgan fingerprint density at radius 1 is 1.35 bits per heavy atom. The molecule has 0 aliphatic carbocycles. The third kappa shape index (κ3) is 3.02. The lowest BCUT2D eigenvalue weighted by atomic mass is 10.3. The van der Waals surface area contributed by atoms with E-state index in [1.807, 2.05) is 0 Å². The van der Waals surface area contributed by atoms with Crippen LogP contribution in [0.3, 0.4) is 0 Å². The van der Waals surface area contributed by atoms with Crippen LogP contribution >= 0.6 is 15.9 Å². The van der Waals surface area contributed by atoms with Gasteiger partial charge in [0.1, 0.15) is 5.69 Å². The van der Waals surface area contributed by atoms with E-state index in [2.05, 4.69) is 26.1 Å². The number of hydrogen-bond acceptors (Lipinski definition) is 4. The summed E-state index contributed by atoms with van der Waals surface area (Å²) in [7, 11) is 0. The average Bonchev–Trinajstić information content (AvgIpc) is 2.43. The first-order valence-corrected chi connectivity index (χ1v) is 6.08. The van der Waals surface area contributed by atoms with E-state index in [-0.39, 0.29) is 23.2 Å². The van der Waals surface area contributed by atoms with E-state index in [1.165, 1.54) is 24.3 Å². The summed E-state index contributed by atoms with van der Waals surface area (Å²) in [5, 5.41) is 11.3. The summed E-state index contributed by atoms with van der Waals surface area (Å²) in [4.78, 5) is 3.90. The van der Waals surface area contributed by atoms with Crippen LogP contribution in [0, 0.1) is 11.6 Å². The topological polar surface area (TPSA) is 80.7 Å². The molecule has 2 aromatic rings. The maximum absolute atomic E-state index is 13.6. The molecule has 20 heavy (non-hydrogen) atoms. The normalized spacial score (nSPS) is 11.4. The molecule has 0 unspecified atom stereocenters. The van der Waals surface area contributed by atoms with Gasteiger partial charge >= 0.3 is 0 Å². The Morgan fingerprint density at radius 2 is 2.10 bits per heavy atom. The van der Waals surface area contributed by atoms with E-state index < -0.39 is 11.6 Å². The molecule has 0 amide bonds. The van der Waals surface area contributed by atoms with Gasteiger partial charge in [-0.3, -0.25) is 0 Å². The molecule has 0 saturated heterocycles. The number of amidine groups is 1. The average molecular weight is 344 g/mol. The van der Waals surface area contributed by atoms with Crippen molar-refractivity contribution in [2.75, 3.05) is 0 Å². The van der Waals surface area contributed by atoms with Gasteiger partial charge in [0.05, 0.1) is 0 Å². The summed E-state index contributed by atoms with van der Waals surface area (Å²) in [6.45, 7) is 0. The Labute approximate surface area is 120 Å². The summed E-state index contributed by atoms with van der Waals surface area (Å²) >= 11 is 3.03. The van der Waals surface area contributed by atoms with Crippen LogP contribution in [0.25, 0.3) is 0 Å². The lowest BCUT2D eigenvalue weighted by molar-refractivity contribution is 0.318. The van der Waals surface area contributed by atoms with Crippen molar-refractivity contribution in [3.05, 3.63) is 52.1 Å². The van der Waals surface area contributed by atoms with Crippen molar-refractivity contribution < 1.29 is 18.7 Å². The fraction of sp³-hybridized carbons (Fsp3) is 0. The molecule has 0 saturated carbocycles. The molecule has 5 nitrogen and oxygen atoms in total. The molecule has 1 aromatic heterocycles. The van der Waals surface area contributed by atoms with Crippen molar-refractivity contribution in [2.24, 2.45) is 10.9 Å². The largest absolute Gasteiger partial charge is 0.436 e. The fourth-order valence-corrected chi connectivity index (χ4v) is 1.79. The van der Waals surface area contributed by atoms with Gasteiger partial charge in [0.15, 0.2) is 17.4 Å². The quantitative estimate of drug-likeness (QED) is 0.295. The van der Waals surface area contributed by atoms with Crippen molar-refractivity contribution in [1.29, 1.82) is 0 Å². The number of hydrogen-bond donors (Lipinski definition) is 2. The van der Waals surface area contributed by atoms with Crippen LogP contribution in [0.15, 0.2) is 40.0 Å². The monoisotopic (exact) mass is 343 g/mol. The molecule has 0 atom stereocenters. The lowest BCUT2D eigenvalue weighted by Crippen LogP contribution is -2.15. The first kappa shape index (κ1) is 14.2. The van der Waals surface area contributed by atoms with Crippen LogP contribution in [-0.2, 0) is 0 Å². The number of benzene rings is 1. The van der Waals surface area contributed by atoms with E-state index in [0.29, 0.717) is 4.47 Å². The van der Waals surface area contributed by atoms with E-state index in [4.69, 9.17) is 15.7 Å². The fourth-order valence-electron chi connectivity index (χ4n) is 1.38. The Bertz CT molecular complexity index is 680. The van der Waals surface area contributed by atoms with Gasteiger partial charge in [-0.05, 0) is 18.2 Å². The molecule has 104 valence electrons. The highest BCUT2D eigenvalue weighted by Gasteiger charge is 2.13. The number of oxime groups is 1. The highest BCUT2D eigenvalue weighted by Crippen LogP contribution is 2.28. The second-order valence-electron chi connectivity index (χ2n) is 3.65. The summed E-state index contributed by atoms with van der Waals surface area (Å²) in [6.07, 6.45) is 0. The van der Waals surface area contributed by atoms with Crippen LogP contribution in [0.5, 0.6) is 11.6 Å². The molecule has 3 N–H and O–H groups in total. The third-order valence-corrected chi connectivity index (χ3v) is 2.73. The van der Waals surface area contributed by atoms with Gasteiger partial charge in [-0.1, -0.05) is 27.2 Å². The van der Waals surface area contributed by atoms with Gasteiger partial charge in [0, 0.05) is 10.5 Å². The van der Waals surface area contributed by atoms with Crippen molar-refractivity contribution >= 4 is 21.8 Å². The predicted molar refractivity (Wildman–Crippen MR) is 70.9 cm³/mol. The molecule has 0 radical (unpaired) electrons. The van der Waals surface area contributed by atoms with Crippen LogP contribution in [-0.4, -0.2) is 16.0 Å². The van der Waals surface area contributed by atoms with Gasteiger partial charge in [-0.2, -0.15) is 4.39 Å². The minimum Gasteiger partial charge on any atom is -0.436 e. The molecular weight excluding hydrogens is 336 g/mol. The van der Waals surface area contributed by atoms with Gasteiger partial charge in [0.25, 0.3) is 0 Å². The van der Waals surface area contributed by atoms with E-state index in [1.54, 1.807) is 0 Å². The summed E-state index contributed by atoms with van der Waals surface area (Å²) in [5.41, 5.74) is 5.51. The molecule has 0 fully saturated rings. The highest BCUT2D eigenvalue weighted by molar-refractivity contribution is 9.10. The van der Waals surface area contributed by atoms with Gasteiger partial charge in [-0.25, -0.2) is 9.37 Å². The zero-order chi connectivity index (χ0) is 14.7. The zero-order valence-electron chi connectivity index (χ0n) is 9.85. The zero-order valence-corrected chi connectivity index (χ0v) is 11.4. The van der Waals surface area contributed by atoms with Gasteiger partial charge < -0.3 is 15.7 Å². The molecule has 0 aliphatic heterocycles. The number of nitrogens with zero attached hydrogens (tertiary/aromatic N) is 2. The van der Waals surface area contributed by atoms with Crippen LogP contribution in [0.1, 0.15) is 5.69 Å². The molecule has 0 aliphatic rings. The van der Waals surface area contributed by atoms with Crippen molar-refractivity contribution in [1.82, 2.24) is 4.98 Å². The molecule has 0 spiro atoms. The number of ether oxygens (including phenoxy) is 1. The summed E-state index contributed by atoms with van der Waals surface area (Å²) < 4.78 is 32.3. The SMILES string of the molecule is N/C(=N/O)c1cccc(Oc2cc(Br)cc(F)c2F)n1. The Hall–Kier alpha value is -2.22. The van der Waals surface area contributed by atoms with Crippen molar-refractivity contribution in [3.63, 3.8) is 0 Å². The first-order chi connectivity index (χ1) is 9.51. The maximum Gasteiger partial charge on any atom is 0.220 e. The molecule has 2 rings (SSSR count). The van der Waals surface area contributed by atoms with Crippen molar-refractivity contribution in [2.45, 2.75) is 0 Å². The Kier molecular flexibility index (Phi) is 4.14. The Morgan fingerprint density at radius 3 is 2.80 bits per heavy atom. The molecule has 1 heterocycles. The number of aromatic nitrogens is 1. The summed E-state index contributed by atoms with van der Waals surface area (Å²) in [5.74, 6) is -2.77. The van der Waals surface area contributed by atoms with Crippen LogP contribution in [0.4, 0.5) is 8.78 Å². The second-order valence-corrected chi connectivity index (χ2v) is 4.56. The summed E-state index contributed by atoms with van der Waals surface area (Å²) in [6, 6.07) is 6.65. The molecule has 8 heteroatoms. The lowest BCUT2D eigenvalue weighted by Gasteiger charge is -2.08. The maximum atomic E-state index is 13.6. The standard InChI is InChI=1S/C12H8BrF2N3O2/c13-6-4-7(14)11(15)9(5-6)20-10-3-1-2-8(17-10)12(16)18-19/h1-5,19H,(H2,16,18). The molecular formula is C12H8BrF2N3O2. The minimum absolute atomic E-state index is 0.0227. The number of rotatable bonds is 3. The van der Waals surface area contributed by atoms with Crippen molar-refractivity contribution in [3.8, 4) is 11.6 Å². The number of halogens is 3. The highest BCUT2D eigenvalue weighted by atomic mass is 79.9. The van der Waals surface area contributed by atoms with E-state index >= 15 is 0 Å². The third-order valence-electron chi connectivity index (χ3n) is 2.27. The van der Waals surface area contributed by atoms with Crippen LogP contribution in [0.2, 0.25) is 0 Å². The number of pyridine rings is 1. The van der Waals surface area contributed by atoms with E-state index in [9.17, 15) is 8.78 Å². The second kappa shape index (κ2) is 5.83. The predicted octanol–water partition coefficient (Wildman–Crippen LogP) is 3.01. The number of nitrogens with two attached hydrogens (primary N) is 1. The molecule has 1 aromatic carbocycles. The first-order valence-electron chi connectivity index (χ1n) is 5.28. The molecule has 0 bridgehead atoms. The van der Waals surface area contributed by atoms with Crippen LogP contribution < -0.4 is 10.5 Å². The minimum atomic E-state index is -1.13.